The maximum atomic E-state index is 10.3. The monoisotopic (exact) mass is 148 g/mol. The van der Waals surface area contributed by atoms with Gasteiger partial charge in [-0.05, 0) is 6.92 Å². The van der Waals surface area contributed by atoms with E-state index in [1.165, 1.54) is 6.92 Å². The lowest BCUT2D eigenvalue weighted by molar-refractivity contribution is -0.134. The first-order chi connectivity index (χ1) is 4.16. The first-order valence-electron chi connectivity index (χ1n) is 2.50. The van der Waals surface area contributed by atoms with Crippen molar-refractivity contribution in [2.75, 3.05) is 0 Å². The van der Waals surface area contributed by atoms with Crippen LogP contribution in [0.1, 0.15) is 19.8 Å². The summed E-state index contributed by atoms with van der Waals surface area (Å²) >= 11 is 3.26. The summed E-state index contributed by atoms with van der Waals surface area (Å²) < 4.78 is 4.00. The van der Waals surface area contributed by atoms with E-state index in [1.54, 1.807) is 0 Å². The smallest absolute Gasteiger partial charge is 0.318 e. The predicted octanol–water partition coefficient (Wildman–Crippen LogP) is 0.744. The van der Waals surface area contributed by atoms with Crippen molar-refractivity contribution in [1.82, 2.24) is 0 Å². The molecule has 0 aliphatic carbocycles. The van der Waals surface area contributed by atoms with E-state index in [0.29, 0.717) is 0 Å². The normalized spacial score (nSPS) is 8.67. The number of hydrogen-bond acceptors (Lipinski definition) is 4. The first-order valence-corrected chi connectivity index (χ1v) is 2.87. The average molecular weight is 148 g/mol. The van der Waals surface area contributed by atoms with E-state index in [0.717, 1.165) is 0 Å². The molecule has 9 heavy (non-hydrogen) atoms. The lowest BCUT2D eigenvalue weighted by Gasteiger charge is -1.91. The summed E-state index contributed by atoms with van der Waals surface area (Å²) in [5.41, 5.74) is 0. The van der Waals surface area contributed by atoms with Crippen molar-refractivity contribution in [2.45, 2.75) is 19.8 Å². The van der Waals surface area contributed by atoms with E-state index in [4.69, 9.17) is 0 Å². The van der Waals surface area contributed by atoms with Crippen LogP contribution in [-0.4, -0.2) is 11.8 Å². The molecule has 4 heteroatoms. The van der Waals surface area contributed by atoms with Crippen LogP contribution in [-0.2, 0) is 13.8 Å². The molecule has 0 rings (SSSR count). The molecule has 0 saturated carbocycles. The molecule has 0 N–H and O–H groups in total. The van der Waals surface area contributed by atoms with Crippen molar-refractivity contribution in [3.8, 4) is 0 Å². The minimum Gasteiger partial charge on any atom is -0.395 e. The standard InChI is InChI=1S/C5H8O3S/c1-4(6)2-3-5(7)8-9/h9H,2-3H2,1H3. The van der Waals surface area contributed by atoms with Crippen LogP contribution in [0.5, 0.6) is 0 Å². The van der Waals surface area contributed by atoms with Gasteiger partial charge in [0.05, 0.1) is 6.42 Å². The predicted molar refractivity (Wildman–Crippen MR) is 35.0 cm³/mol. The van der Waals surface area contributed by atoms with Crippen LogP contribution in [0.2, 0.25) is 0 Å². The topological polar surface area (TPSA) is 43.4 Å². The van der Waals surface area contributed by atoms with Gasteiger partial charge in [-0.25, -0.2) is 0 Å². The Balaban J connectivity index is 3.28. The average Bonchev–Trinajstić information content (AvgIpc) is 1.83. The fourth-order valence-electron chi connectivity index (χ4n) is 0.324. The molecule has 52 valence electrons. The lowest BCUT2D eigenvalue weighted by atomic mass is 10.2. The second kappa shape index (κ2) is 4.38. The molecule has 0 heterocycles. The fraction of sp³-hybridized carbons (Fsp3) is 0.600. The van der Waals surface area contributed by atoms with E-state index in [9.17, 15) is 9.59 Å². The van der Waals surface area contributed by atoms with Gasteiger partial charge in [-0.15, -0.1) is 0 Å². The van der Waals surface area contributed by atoms with E-state index in [-0.39, 0.29) is 18.6 Å². The van der Waals surface area contributed by atoms with E-state index < -0.39 is 5.97 Å². The Kier molecular flexibility index (Phi) is 4.13. The highest BCUT2D eigenvalue weighted by Gasteiger charge is 2.01. The zero-order valence-electron chi connectivity index (χ0n) is 5.09. The van der Waals surface area contributed by atoms with Crippen LogP contribution in [0.3, 0.4) is 0 Å². The van der Waals surface area contributed by atoms with Crippen LogP contribution >= 0.6 is 12.9 Å². The van der Waals surface area contributed by atoms with Gasteiger partial charge >= 0.3 is 5.97 Å². The Morgan fingerprint density at radius 1 is 1.44 bits per heavy atom. The largest absolute Gasteiger partial charge is 0.395 e. The summed E-state index contributed by atoms with van der Waals surface area (Å²) in [6, 6.07) is 0. The van der Waals surface area contributed by atoms with Crippen LogP contribution in [0, 0.1) is 0 Å². The molecule has 0 radical (unpaired) electrons. The Morgan fingerprint density at radius 3 is 2.33 bits per heavy atom. The second-order valence-corrected chi connectivity index (χ2v) is 1.85. The van der Waals surface area contributed by atoms with E-state index in [1.807, 2.05) is 0 Å². The number of thiol groups is 1. The molecule has 0 aromatic rings. The maximum Gasteiger partial charge on any atom is 0.318 e. The molecule has 0 bridgehead atoms. The van der Waals surface area contributed by atoms with Gasteiger partial charge in [0.25, 0.3) is 0 Å². The summed E-state index contributed by atoms with van der Waals surface area (Å²) in [4.78, 5) is 20.5. The van der Waals surface area contributed by atoms with Gasteiger partial charge in [0.15, 0.2) is 0 Å². The zero-order valence-corrected chi connectivity index (χ0v) is 5.98. The maximum absolute atomic E-state index is 10.3. The Bertz CT molecular complexity index is 121. The highest BCUT2D eigenvalue weighted by Crippen LogP contribution is 1.94. The lowest BCUT2D eigenvalue weighted by Crippen LogP contribution is -2.00. The van der Waals surface area contributed by atoms with Crippen molar-refractivity contribution in [3.63, 3.8) is 0 Å². The third-order valence-electron chi connectivity index (χ3n) is 0.783. The number of ketones is 1. The van der Waals surface area contributed by atoms with Gasteiger partial charge in [0.1, 0.15) is 5.78 Å². The molecule has 0 fully saturated rings. The minimum absolute atomic E-state index is 0.0197. The number of carbonyl (C=O) groups excluding carboxylic acids is 2. The Hall–Kier alpha value is -0.510. The summed E-state index contributed by atoms with van der Waals surface area (Å²) in [6.07, 6.45) is 0.359. The fourth-order valence-corrected chi connectivity index (χ4v) is 0.415. The molecule has 0 aromatic heterocycles. The Labute approximate surface area is 59.0 Å². The van der Waals surface area contributed by atoms with Crippen LogP contribution in [0.4, 0.5) is 0 Å². The van der Waals surface area contributed by atoms with Gasteiger partial charge in [0, 0.05) is 19.3 Å². The third-order valence-corrected chi connectivity index (χ3v) is 0.987. The van der Waals surface area contributed by atoms with Crippen molar-refractivity contribution < 1.29 is 13.8 Å². The van der Waals surface area contributed by atoms with Gasteiger partial charge in [-0.2, -0.15) is 0 Å². The molecule has 0 aliphatic heterocycles. The summed E-state index contributed by atoms with van der Waals surface area (Å²) in [6.45, 7) is 1.42. The quantitative estimate of drug-likeness (QED) is 0.474. The SMILES string of the molecule is CC(=O)CCC(=O)OS. The van der Waals surface area contributed by atoms with Crippen LogP contribution < -0.4 is 0 Å². The van der Waals surface area contributed by atoms with Crippen molar-refractivity contribution in [1.29, 1.82) is 0 Å². The molecule has 0 saturated heterocycles. The Morgan fingerprint density at radius 2 is 2.00 bits per heavy atom. The van der Waals surface area contributed by atoms with E-state index in [2.05, 4.69) is 17.1 Å². The molecule has 0 spiro atoms. The number of hydrogen-bond donors (Lipinski definition) is 1. The molecule has 0 aromatic carbocycles. The molecular weight excluding hydrogens is 140 g/mol. The first kappa shape index (κ1) is 8.49. The van der Waals surface area contributed by atoms with Gasteiger partial charge in [-0.3, -0.25) is 4.79 Å². The number of rotatable bonds is 3. The van der Waals surface area contributed by atoms with Gasteiger partial charge in [0.2, 0.25) is 0 Å². The second-order valence-electron chi connectivity index (χ2n) is 1.67. The summed E-state index contributed by atoms with van der Waals surface area (Å²) in [5.74, 6) is -0.484. The zero-order chi connectivity index (χ0) is 7.28. The third kappa shape index (κ3) is 5.36. The molecular formula is C5H8O3S. The number of Topliss-reactive ketones (excluding diaryl/α,β-unsaturated/α-hetero) is 1. The molecule has 0 unspecified atom stereocenters. The molecule has 0 atom stereocenters. The van der Waals surface area contributed by atoms with Gasteiger partial charge in [-0.1, -0.05) is 0 Å². The summed E-state index contributed by atoms with van der Waals surface area (Å²) in [5, 5.41) is 0. The minimum atomic E-state index is -0.464. The molecule has 0 aliphatic rings. The highest BCUT2D eigenvalue weighted by molar-refractivity contribution is 7.75. The van der Waals surface area contributed by atoms with Crippen LogP contribution in [0.25, 0.3) is 0 Å². The van der Waals surface area contributed by atoms with Crippen molar-refractivity contribution in [2.24, 2.45) is 0 Å². The van der Waals surface area contributed by atoms with Crippen molar-refractivity contribution in [3.05, 3.63) is 0 Å². The van der Waals surface area contributed by atoms with Gasteiger partial charge < -0.3 is 8.98 Å². The highest BCUT2D eigenvalue weighted by atomic mass is 32.1. The van der Waals surface area contributed by atoms with E-state index >= 15 is 0 Å². The van der Waals surface area contributed by atoms with Crippen LogP contribution in [0.15, 0.2) is 0 Å². The molecule has 0 amide bonds. The molecule has 3 nitrogen and oxygen atoms in total. The van der Waals surface area contributed by atoms with Crippen molar-refractivity contribution >= 4 is 24.7 Å². The number of carbonyl (C=O) groups is 2. The summed E-state index contributed by atoms with van der Waals surface area (Å²) in [7, 11) is 0.